The van der Waals surface area contributed by atoms with E-state index < -0.39 is 0 Å². The molecular formula is C15H24N2O2. The quantitative estimate of drug-likeness (QED) is 0.674. The van der Waals surface area contributed by atoms with Gasteiger partial charge in [0.05, 0.1) is 0 Å². The van der Waals surface area contributed by atoms with Crippen molar-refractivity contribution in [2.75, 3.05) is 25.1 Å². The molecule has 1 aromatic carbocycles. The van der Waals surface area contributed by atoms with E-state index in [1.54, 1.807) is 0 Å². The molecule has 0 spiro atoms. The van der Waals surface area contributed by atoms with Gasteiger partial charge in [0.15, 0.2) is 0 Å². The molecule has 0 aromatic heterocycles. The number of unbranched alkanes of at least 4 members (excludes halogenated alkanes) is 1. The number of hydrogen-bond acceptors (Lipinski definition) is 3. The monoisotopic (exact) mass is 264 g/mol. The zero-order valence-electron chi connectivity index (χ0n) is 11.9. The number of amides is 1. The van der Waals surface area contributed by atoms with Gasteiger partial charge in [-0.1, -0.05) is 38.5 Å². The number of carbonyl (C=O) groups excluding carboxylic acids is 1. The molecule has 106 valence electrons. The third kappa shape index (κ3) is 6.36. The highest BCUT2D eigenvalue weighted by molar-refractivity contribution is 5.92. The highest BCUT2D eigenvalue weighted by Gasteiger charge is 2.06. The molecule has 1 amide bonds. The third-order valence-corrected chi connectivity index (χ3v) is 2.73. The topological polar surface area (TPSA) is 50.4 Å². The Morgan fingerprint density at radius 1 is 1.26 bits per heavy atom. The minimum Gasteiger partial charge on any atom is -0.372 e. The Hall–Kier alpha value is -1.39. The van der Waals surface area contributed by atoms with Crippen LogP contribution in [-0.4, -0.2) is 25.7 Å². The van der Waals surface area contributed by atoms with Crippen molar-refractivity contribution < 1.29 is 9.53 Å². The van der Waals surface area contributed by atoms with E-state index in [9.17, 15) is 4.79 Å². The van der Waals surface area contributed by atoms with Crippen molar-refractivity contribution in [1.29, 1.82) is 0 Å². The fraction of sp³-hybridized carbons (Fsp3) is 0.533. The van der Waals surface area contributed by atoms with Crippen molar-refractivity contribution >= 4 is 11.6 Å². The van der Waals surface area contributed by atoms with Gasteiger partial charge in [0.1, 0.15) is 6.61 Å². The second kappa shape index (κ2) is 9.53. The fourth-order valence-corrected chi connectivity index (χ4v) is 1.65. The van der Waals surface area contributed by atoms with Crippen LogP contribution in [0.15, 0.2) is 24.3 Å². The predicted molar refractivity (Wildman–Crippen MR) is 78.2 cm³/mol. The van der Waals surface area contributed by atoms with Crippen LogP contribution in [0.2, 0.25) is 0 Å². The van der Waals surface area contributed by atoms with Gasteiger partial charge < -0.3 is 15.4 Å². The van der Waals surface area contributed by atoms with Gasteiger partial charge in [-0.3, -0.25) is 4.79 Å². The van der Waals surface area contributed by atoms with Gasteiger partial charge in [0.2, 0.25) is 5.91 Å². The van der Waals surface area contributed by atoms with Crippen LogP contribution in [0.3, 0.4) is 0 Å². The van der Waals surface area contributed by atoms with Crippen molar-refractivity contribution in [2.45, 2.75) is 33.2 Å². The molecule has 4 nitrogen and oxygen atoms in total. The van der Waals surface area contributed by atoms with E-state index in [1.165, 1.54) is 0 Å². The van der Waals surface area contributed by atoms with Gasteiger partial charge in [0, 0.05) is 18.8 Å². The number of anilines is 1. The molecule has 0 saturated heterocycles. The van der Waals surface area contributed by atoms with E-state index in [2.05, 4.69) is 24.5 Å². The Balaban J connectivity index is 2.44. The number of nitrogens with one attached hydrogen (secondary N) is 2. The molecule has 0 saturated carbocycles. The van der Waals surface area contributed by atoms with Gasteiger partial charge in [0.25, 0.3) is 0 Å². The molecule has 0 aliphatic heterocycles. The second-order valence-corrected chi connectivity index (χ2v) is 4.39. The Morgan fingerprint density at radius 3 is 2.79 bits per heavy atom. The predicted octanol–water partition coefficient (Wildman–Crippen LogP) is 2.55. The molecule has 0 bridgehead atoms. The molecule has 0 atom stereocenters. The number of para-hydroxylation sites is 1. The molecule has 0 fully saturated rings. The molecule has 0 aliphatic rings. The largest absolute Gasteiger partial charge is 0.372 e. The summed E-state index contributed by atoms with van der Waals surface area (Å²) < 4.78 is 5.30. The van der Waals surface area contributed by atoms with Crippen LogP contribution in [0.4, 0.5) is 5.69 Å². The Labute approximate surface area is 115 Å². The lowest BCUT2D eigenvalue weighted by molar-refractivity contribution is -0.120. The fourth-order valence-electron chi connectivity index (χ4n) is 1.65. The first-order chi connectivity index (χ1) is 9.27. The van der Waals surface area contributed by atoms with Crippen LogP contribution in [0, 0.1) is 0 Å². The lowest BCUT2D eigenvalue weighted by atomic mass is 10.1. The maximum Gasteiger partial charge on any atom is 0.250 e. The minimum atomic E-state index is -0.0972. The summed E-state index contributed by atoms with van der Waals surface area (Å²) in [5.41, 5.74) is 1.94. The summed E-state index contributed by atoms with van der Waals surface area (Å²) in [6, 6.07) is 7.82. The molecule has 0 heterocycles. The molecule has 0 radical (unpaired) electrons. The van der Waals surface area contributed by atoms with Crippen molar-refractivity contribution in [2.24, 2.45) is 0 Å². The highest BCUT2D eigenvalue weighted by Crippen LogP contribution is 2.14. The number of hydrogen-bond donors (Lipinski definition) is 2. The smallest absolute Gasteiger partial charge is 0.250 e. The van der Waals surface area contributed by atoms with Crippen LogP contribution in [-0.2, 0) is 16.1 Å². The van der Waals surface area contributed by atoms with Gasteiger partial charge >= 0.3 is 0 Å². The Morgan fingerprint density at radius 2 is 2.05 bits per heavy atom. The van der Waals surface area contributed by atoms with E-state index in [0.29, 0.717) is 6.61 Å². The van der Waals surface area contributed by atoms with Gasteiger partial charge in [-0.15, -0.1) is 0 Å². The normalized spacial score (nSPS) is 10.4. The van der Waals surface area contributed by atoms with E-state index in [1.807, 2.05) is 24.3 Å². The van der Waals surface area contributed by atoms with Crippen molar-refractivity contribution in [1.82, 2.24) is 5.32 Å². The molecule has 4 heteroatoms. The summed E-state index contributed by atoms with van der Waals surface area (Å²) in [6.07, 6.45) is 2.07. The summed E-state index contributed by atoms with van der Waals surface area (Å²) in [4.78, 5) is 11.7. The van der Waals surface area contributed by atoms with E-state index in [0.717, 1.165) is 37.2 Å². The first-order valence-electron chi connectivity index (χ1n) is 6.94. The average Bonchev–Trinajstić information content (AvgIpc) is 2.43. The van der Waals surface area contributed by atoms with Crippen LogP contribution in [0.5, 0.6) is 0 Å². The molecule has 1 aromatic rings. The first-order valence-corrected chi connectivity index (χ1v) is 6.94. The summed E-state index contributed by atoms with van der Waals surface area (Å²) in [5, 5.41) is 6.15. The molecule has 19 heavy (non-hydrogen) atoms. The maximum atomic E-state index is 11.7. The van der Waals surface area contributed by atoms with Gasteiger partial charge in [-0.2, -0.15) is 0 Å². The molecule has 0 unspecified atom stereocenters. The standard InChI is InChI=1S/C15H24N2O2/c1-3-5-10-19-12-15(18)17-14-9-7-6-8-13(14)11-16-4-2/h6-9,16H,3-5,10-12H2,1-2H3,(H,17,18). The van der Waals surface area contributed by atoms with Gasteiger partial charge in [-0.25, -0.2) is 0 Å². The number of carbonyl (C=O) groups is 1. The van der Waals surface area contributed by atoms with Crippen LogP contribution < -0.4 is 10.6 Å². The zero-order valence-corrected chi connectivity index (χ0v) is 11.9. The first kappa shape index (κ1) is 15.7. The Kier molecular flexibility index (Phi) is 7.86. The van der Waals surface area contributed by atoms with E-state index in [4.69, 9.17) is 4.74 Å². The lowest BCUT2D eigenvalue weighted by Gasteiger charge is -2.11. The van der Waals surface area contributed by atoms with Crippen LogP contribution in [0.1, 0.15) is 32.3 Å². The molecule has 0 aliphatic carbocycles. The van der Waals surface area contributed by atoms with E-state index >= 15 is 0 Å². The van der Waals surface area contributed by atoms with Crippen molar-refractivity contribution in [3.05, 3.63) is 29.8 Å². The minimum absolute atomic E-state index is 0.0972. The van der Waals surface area contributed by atoms with Crippen molar-refractivity contribution in [3.63, 3.8) is 0 Å². The molecule has 2 N–H and O–H groups in total. The summed E-state index contributed by atoms with van der Waals surface area (Å²) in [6.45, 7) is 6.58. The summed E-state index contributed by atoms with van der Waals surface area (Å²) in [5.74, 6) is -0.0972. The summed E-state index contributed by atoms with van der Waals surface area (Å²) in [7, 11) is 0. The number of rotatable bonds is 9. The van der Waals surface area contributed by atoms with E-state index in [-0.39, 0.29) is 12.5 Å². The number of ether oxygens (including phenoxy) is 1. The second-order valence-electron chi connectivity index (χ2n) is 4.39. The number of benzene rings is 1. The maximum absolute atomic E-state index is 11.7. The van der Waals surface area contributed by atoms with Gasteiger partial charge in [-0.05, 0) is 24.6 Å². The van der Waals surface area contributed by atoms with Crippen LogP contribution in [0.25, 0.3) is 0 Å². The third-order valence-electron chi connectivity index (χ3n) is 2.73. The zero-order chi connectivity index (χ0) is 13.9. The van der Waals surface area contributed by atoms with Crippen LogP contribution >= 0.6 is 0 Å². The Bertz CT molecular complexity index is 380. The average molecular weight is 264 g/mol. The lowest BCUT2D eigenvalue weighted by Crippen LogP contribution is -2.21. The highest BCUT2D eigenvalue weighted by atomic mass is 16.5. The van der Waals surface area contributed by atoms with Crippen molar-refractivity contribution in [3.8, 4) is 0 Å². The molecule has 1 rings (SSSR count). The summed E-state index contributed by atoms with van der Waals surface area (Å²) >= 11 is 0. The SMILES string of the molecule is CCCCOCC(=O)Nc1ccccc1CNCC. The molecular weight excluding hydrogens is 240 g/mol.